The maximum Gasteiger partial charge on any atom is 0.338 e. The number of esters is 2. The molecule has 5 nitrogen and oxygen atoms in total. The second-order valence-corrected chi connectivity index (χ2v) is 10.3. The molecule has 0 amide bonds. The molecule has 0 aromatic rings. The lowest BCUT2D eigenvalue weighted by Crippen LogP contribution is -2.56. The Morgan fingerprint density at radius 3 is 2.52 bits per heavy atom. The topological polar surface area (TPSA) is 61.8 Å². The highest BCUT2D eigenvalue weighted by Crippen LogP contribution is 2.66. The largest absolute Gasteiger partial charge is 0.462 e. The van der Waals surface area contributed by atoms with Crippen LogP contribution >= 0.6 is 0 Å². The molecule has 5 heteroatoms. The number of hydrogen-bond donors (Lipinski definition) is 0. The van der Waals surface area contributed by atoms with Crippen molar-refractivity contribution in [2.75, 3.05) is 0 Å². The molecule has 2 heterocycles. The second-order valence-electron chi connectivity index (χ2n) is 10.3. The molecule has 2 saturated carbocycles. The Balaban J connectivity index is 1.65. The molecule has 4 aliphatic rings. The molecule has 0 N–H and O–H groups in total. The summed E-state index contributed by atoms with van der Waals surface area (Å²) in [6.07, 6.45) is 6.95. The quantitative estimate of drug-likeness (QED) is 0.407. The fourth-order valence-electron chi connectivity index (χ4n) is 6.71. The number of carbonyl (C=O) groups excluding carboxylic acids is 2. The summed E-state index contributed by atoms with van der Waals surface area (Å²) in [6, 6.07) is 0. The number of rotatable bonds is 2. The summed E-state index contributed by atoms with van der Waals surface area (Å²) in [5.74, 6) is -0.101. The Bertz CT molecular complexity index is 695. The van der Waals surface area contributed by atoms with Gasteiger partial charge >= 0.3 is 11.9 Å². The maximum atomic E-state index is 12.8. The number of cyclic esters (lactones) is 1. The third-order valence-corrected chi connectivity index (χ3v) is 7.89. The van der Waals surface area contributed by atoms with Crippen LogP contribution < -0.4 is 0 Å². The molecular formula is C22H32O5. The van der Waals surface area contributed by atoms with Crippen LogP contribution in [-0.4, -0.2) is 23.8 Å². The zero-order valence-electron chi connectivity index (χ0n) is 17.2. The van der Waals surface area contributed by atoms with Gasteiger partial charge < -0.3 is 14.2 Å². The summed E-state index contributed by atoms with van der Waals surface area (Å²) in [7, 11) is 0. The number of hydrogen-bond acceptors (Lipinski definition) is 5. The highest BCUT2D eigenvalue weighted by Gasteiger charge is 2.65. The van der Waals surface area contributed by atoms with E-state index in [1.165, 1.54) is 12.8 Å². The molecule has 4 fully saturated rings. The lowest BCUT2D eigenvalue weighted by atomic mass is 9.45. The van der Waals surface area contributed by atoms with E-state index in [1.54, 1.807) is 6.26 Å². The fraction of sp³-hybridized carbons (Fsp3) is 0.818. The van der Waals surface area contributed by atoms with Crippen LogP contribution in [-0.2, 0) is 23.8 Å². The van der Waals surface area contributed by atoms with E-state index in [1.807, 2.05) is 6.92 Å². The zero-order chi connectivity index (χ0) is 19.6. The molecule has 2 aliphatic carbocycles. The first-order chi connectivity index (χ1) is 12.6. The highest BCUT2D eigenvalue weighted by molar-refractivity contribution is 5.92. The minimum Gasteiger partial charge on any atom is -0.462 e. The van der Waals surface area contributed by atoms with Gasteiger partial charge in [0.2, 0.25) is 6.29 Å². The normalized spacial score (nSPS) is 47.2. The summed E-state index contributed by atoms with van der Waals surface area (Å²) >= 11 is 0. The van der Waals surface area contributed by atoms with E-state index in [0.29, 0.717) is 17.9 Å². The van der Waals surface area contributed by atoms with Crippen LogP contribution in [0.15, 0.2) is 11.8 Å². The molecule has 2 unspecified atom stereocenters. The van der Waals surface area contributed by atoms with Crippen molar-refractivity contribution in [2.45, 2.75) is 85.0 Å². The van der Waals surface area contributed by atoms with Gasteiger partial charge in [-0.05, 0) is 49.4 Å². The van der Waals surface area contributed by atoms with Crippen molar-refractivity contribution in [3.63, 3.8) is 0 Å². The Kier molecular flexibility index (Phi) is 4.17. The standard InChI is InChI=1S/C22H32O5/c1-13-11-16(26-18(13)23)25-12-14-17-21(4)9-6-8-20(2,3)15(21)7-10-22(17,5)27-19(14)24/h12-13,15-17H,6-11H2,1-5H3/b14-12+/t13?,15-,16?,17+,21-,22+/m0/s1. The van der Waals surface area contributed by atoms with Crippen molar-refractivity contribution in [1.29, 1.82) is 0 Å². The Morgan fingerprint density at radius 2 is 1.85 bits per heavy atom. The third kappa shape index (κ3) is 2.80. The summed E-state index contributed by atoms with van der Waals surface area (Å²) in [5.41, 5.74) is 0.431. The molecule has 0 aromatic heterocycles. The smallest absolute Gasteiger partial charge is 0.338 e. The third-order valence-electron chi connectivity index (χ3n) is 7.89. The van der Waals surface area contributed by atoms with Crippen LogP contribution in [0.2, 0.25) is 0 Å². The average Bonchev–Trinajstić information content (AvgIpc) is 3.00. The van der Waals surface area contributed by atoms with Crippen molar-refractivity contribution in [3.05, 3.63) is 11.8 Å². The molecule has 6 atom stereocenters. The Hall–Kier alpha value is -1.52. The van der Waals surface area contributed by atoms with Crippen molar-refractivity contribution in [3.8, 4) is 0 Å². The van der Waals surface area contributed by atoms with Gasteiger partial charge in [0.1, 0.15) is 5.60 Å². The van der Waals surface area contributed by atoms with E-state index >= 15 is 0 Å². The minimum atomic E-state index is -0.602. The van der Waals surface area contributed by atoms with Gasteiger partial charge in [0.25, 0.3) is 0 Å². The second kappa shape index (κ2) is 5.99. The van der Waals surface area contributed by atoms with Crippen LogP contribution in [0.1, 0.15) is 73.1 Å². The van der Waals surface area contributed by atoms with Crippen LogP contribution in [0.5, 0.6) is 0 Å². The molecule has 27 heavy (non-hydrogen) atoms. The predicted molar refractivity (Wildman–Crippen MR) is 99.3 cm³/mol. The maximum absolute atomic E-state index is 12.8. The highest BCUT2D eigenvalue weighted by atomic mass is 16.7. The fourth-order valence-corrected chi connectivity index (χ4v) is 6.71. The summed E-state index contributed by atoms with van der Waals surface area (Å²) in [4.78, 5) is 24.4. The van der Waals surface area contributed by atoms with Gasteiger partial charge in [-0.2, -0.15) is 0 Å². The molecule has 150 valence electrons. The first-order valence-corrected chi connectivity index (χ1v) is 10.4. The molecule has 0 radical (unpaired) electrons. The molecule has 0 aromatic carbocycles. The van der Waals surface area contributed by atoms with Crippen molar-refractivity contribution >= 4 is 11.9 Å². The molecule has 4 rings (SSSR count). The van der Waals surface area contributed by atoms with E-state index in [9.17, 15) is 9.59 Å². The van der Waals surface area contributed by atoms with Gasteiger partial charge in [0, 0.05) is 12.3 Å². The van der Waals surface area contributed by atoms with Crippen molar-refractivity contribution < 1.29 is 23.8 Å². The average molecular weight is 376 g/mol. The van der Waals surface area contributed by atoms with E-state index in [-0.39, 0.29) is 34.6 Å². The lowest BCUT2D eigenvalue weighted by Gasteiger charge is -2.59. The van der Waals surface area contributed by atoms with Gasteiger partial charge in [-0.3, -0.25) is 4.79 Å². The monoisotopic (exact) mass is 376 g/mol. The summed E-state index contributed by atoms with van der Waals surface area (Å²) in [5, 5.41) is 0. The first kappa shape index (κ1) is 18.8. The van der Waals surface area contributed by atoms with Crippen LogP contribution in [0.3, 0.4) is 0 Å². The number of fused-ring (bicyclic) bond motifs is 3. The van der Waals surface area contributed by atoms with Crippen molar-refractivity contribution in [1.82, 2.24) is 0 Å². The minimum absolute atomic E-state index is 0.00967. The van der Waals surface area contributed by atoms with Crippen LogP contribution in [0, 0.1) is 28.6 Å². The van der Waals surface area contributed by atoms with E-state index in [2.05, 4.69) is 27.7 Å². The van der Waals surface area contributed by atoms with Gasteiger partial charge in [-0.15, -0.1) is 0 Å². The molecule has 2 saturated heterocycles. The number of carbonyl (C=O) groups is 2. The Morgan fingerprint density at radius 1 is 1.11 bits per heavy atom. The summed E-state index contributed by atoms with van der Waals surface area (Å²) in [6.45, 7) is 11.0. The summed E-state index contributed by atoms with van der Waals surface area (Å²) < 4.78 is 16.9. The van der Waals surface area contributed by atoms with E-state index in [4.69, 9.17) is 14.2 Å². The predicted octanol–water partition coefficient (Wildman–Crippen LogP) is 4.35. The number of ether oxygens (including phenoxy) is 3. The lowest BCUT2D eigenvalue weighted by molar-refractivity contribution is -0.164. The molecular weight excluding hydrogens is 344 g/mol. The zero-order valence-corrected chi connectivity index (χ0v) is 17.2. The van der Waals surface area contributed by atoms with Gasteiger partial charge in [0.15, 0.2) is 0 Å². The van der Waals surface area contributed by atoms with Crippen LogP contribution in [0.25, 0.3) is 0 Å². The molecule has 0 spiro atoms. The van der Waals surface area contributed by atoms with Gasteiger partial charge in [-0.25, -0.2) is 4.79 Å². The van der Waals surface area contributed by atoms with Crippen molar-refractivity contribution in [2.24, 2.45) is 28.6 Å². The van der Waals surface area contributed by atoms with Crippen LogP contribution in [0.4, 0.5) is 0 Å². The van der Waals surface area contributed by atoms with E-state index < -0.39 is 11.9 Å². The van der Waals surface area contributed by atoms with E-state index in [0.717, 1.165) is 19.3 Å². The first-order valence-electron chi connectivity index (χ1n) is 10.4. The Labute approximate surface area is 161 Å². The molecule has 0 bridgehead atoms. The van der Waals surface area contributed by atoms with Gasteiger partial charge in [0.05, 0.1) is 17.8 Å². The van der Waals surface area contributed by atoms with Gasteiger partial charge in [-0.1, -0.05) is 34.1 Å². The molecule has 2 aliphatic heterocycles. The SMILES string of the molecule is CC1CC(O/C=C2/C(=O)O[C@]3(C)CC[C@H]4C(C)(C)CCC[C@]4(C)[C@@H]23)OC1=O.